The van der Waals surface area contributed by atoms with Gasteiger partial charge in [0.05, 0.1) is 37.3 Å². The fourth-order valence-corrected chi connectivity index (χ4v) is 4.40. The first-order valence-electron chi connectivity index (χ1n) is 10.2. The highest BCUT2D eigenvalue weighted by Gasteiger charge is 2.32. The molecule has 3 aromatic rings. The quantitative estimate of drug-likeness (QED) is 0.297. The van der Waals surface area contributed by atoms with E-state index >= 15 is 0 Å². The molecule has 1 fully saturated rings. The topological polar surface area (TPSA) is 68.7 Å². The van der Waals surface area contributed by atoms with E-state index in [0.29, 0.717) is 36.8 Å². The van der Waals surface area contributed by atoms with Gasteiger partial charge in [0.15, 0.2) is 17.4 Å². The molecule has 1 aliphatic rings. The van der Waals surface area contributed by atoms with Gasteiger partial charge < -0.3 is 18.9 Å². The number of anilines is 1. The molecule has 14 heteroatoms. The Kier molecular flexibility index (Phi) is 7.94. The number of rotatable bonds is 8. The fraction of sp³-hybridized carbons (Fsp3) is 0.333. The molecule has 1 N–H and O–H groups in total. The SMILES string of the molecule is COc1cc(Oc2cc(F)c(SNc3nc(CN4CCOCC4)ns3)cc2F)cc(C(F)(F)F)c1. The number of halogens is 5. The van der Waals surface area contributed by atoms with Crippen molar-refractivity contribution < 1.29 is 36.2 Å². The number of alkyl halides is 3. The first-order valence-corrected chi connectivity index (χ1v) is 11.8. The predicted molar refractivity (Wildman–Crippen MR) is 120 cm³/mol. The lowest BCUT2D eigenvalue weighted by atomic mass is 10.2. The summed E-state index contributed by atoms with van der Waals surface area (Å²) in [6.45, 7) is 3.42. The van der Waals surface area contributed by atoms with E-state index in [4.69, 9.17) is 14.2 Å². The molecule has 2 heterocycles. The molecule has 1 aliphatic heterocycles. The monoisotopic (exact) mass is 534 g/mol. The van der Waals surface area contributed by atoms with Crippen LogP contribution in [0.25, 0.3) is 0 Å². The van der Waals surface area contributed by atoms with Crippen LogP contribution in [0.15, 0.2) is 35.2 Å². The normalized spacial score (nSPS) is 14.7. The van der Waals surface area contributed by atoms with Crippen LogP contribution in [-0.2, 0) is 17.5 Å². The summed E-state index contributed by atoms with van der Waals surface area (Å²) in [6.07, 6.45) is -4.67. The summed E-state index contributed by atoms with van der Waals surface area (Å²) in [5.74, 6) is -2.26. The highest BCUT2D eigenvalue weighted by atomic mass is 32.2. The molecule has 0 atom stereocenters. The number of morpholine rings is 1. The molecule has 0 spiro atoms. The van der Waals surface area contributed by atoms with Crippen molar-refractivity contribution in [1.29, 1.82) is 0 Å². The van der Waals surface area contributed by atoms with Crippen molar-refractivity contribution in [3.8, 4) is 17.2 Å². The summed E-state index contributed by atoms with van der Waals surface area (Å²) in [4.78, 5) is 6.39. The van der Waals surface area contributed by atoms with Crippen LogP contribution < -0.4 is 14.2 Å². The minimum Gasteiger partial charge on any atom is -0.497 e. The van der Waals surface area contributed by atoms with Crippen molar-refractivity contribution in [3.05, 3.63) is 53.4 Å². The molecular formula is C21H19F5N4O3S2. The molecule has 35 heavy (non-hydrogen) atoms. The molecule has 0 saturated carbocycles. The summed E-state index contributed by atoms with van der Waals surface area (Å²) in [5.41, 5.74) is -1.05. The van der Waals surface area contributed by atoms with Crippen LogP contribution in [0, 0.1) is 11.6 Å². The molecule has 1 aromatic heterocycles. The number of aromatic nitrogens is 2. The van der Waals surface area contributed by atoms with Crippen LogP contribution in [0.3, 0.4) is 0 Å². The van der Waals surface area contributed by atoms with E-state index in [9.17, 15) is 22.0 Å². The molecule has 0 amide bonds. The van der Waals surface area contributed by atoms with Crippen molar-refractivity contribution in [2.45, 2.75) is 17.6 Å². The maximum Gasteiger partial charge on any atom is 0.416 e. The largest absolute Gasteiger partial charge is 0.497 e. The molecule has 1 saturated heterocycles. The zero-order valence-electron chi connectivity index (χ0n) is 18.2. The number of hydrogen-bond donors (Lipinski definition) is 1. The van der Waals surface area contributed by atoms with Gasteiger partial charge in [-0.25, -0.2) is 13.8 Å². The second kappa shape index (κ2) is 10.9. The van der Waals surface area contributed by atoms with Gasteiger partial charge in [-0.15, -0.1) is 0 Å². The van der Waals surface area contributed by atoms with Crippen molar-refractivity contribution in [3.63, 3.8) is 0 Å². The van der Waals surface area contributed by atoms with E-state index in [1.54, 1.807) is 0 Å². The molecule has 0 aliphatic carbocycles. The Balaban J connectivity index is 1.42. The maximum atomic E-state index is 14.6. The van der Waals surface area contributed by atoms with E-state index in [1.807, 2.05) is 0 Å². The van der Waals surface area contributed by atoms with E-state index in [-0.39, 0.29) is 16.4 Å². The first kappa shape index (κ1) is 25.4. The van der Waals surface area contributed by atoms with Crippen LogP contribution in [0.2, 0.25) is 0 Å². The lowest BCUT2D eigenvalue weighted by Crippen LogP contribution is -2.35. The number of hydrogen-bond acceptors (Lipinski definition) is 9. The Morgan fingerprint density at radius 1 is 1.09 bits per heavy atom. The molecule has 0 unspecified atom stereocenters. The second-order valence-electron chi connectivity index (χ2n) is 7.32. The van der Waals surface area contributed by atoms with Crippen molar-refractivity contribution in [1.82, 2.24) is 14.3 Å². The van der Waals surface area contributed by atoms with Crippen LogP contribution in [0.4, 0.5) is 27.1 Å². The van der Waals surface area contributed by atoms with Crippen LogP contribution in [0.5, 0.6) is 17.2 Å². The van der Waals surface area contributed by atoms with Crippen molar-refractivity contribution in [2.75, 3.05) is 38.1 Å². The summed E-state index contributed by atoms with van der Waals surface area (Å²) in [7, 11) is 1.18. The standard InChI is InChI=1S/C21H19F5N4O3S2/c1-31-13-6-12(21(24,25)26)7-14(8-13)33-17-9-16(23)18(10-15(17)22)34-29-20-27-19(28-35-20)11-30-2-4-32-5-3-30/h6-10H,2-5,11H2,1H3,(H,27,28,29). The third-order valence-corrected chi connectivity index (χ3v) is 6.47. The van der Waals surface area contributed by atoms with Gasteiger partial charge in [0.2, 0.25) is 5.13 Å². The fourth-order valence-electron chi connectivity index (χ4n) is 3.12. The third kappa shape index (κ3) is 6.72. The van der Waals surface area contributed by atoms with Crippen molar-refractivity contribution >= 4 is 28.6 Å². The first-order chi connectivity index (χ1) is 16.7. The Labute approximate surface area is 205 Å². The smallest absolute Gasteiger partial charge is 0.416 e. The molecule has 0 radical (unpaired) electrons. The summed E-state index contributed by atoms with van der Waals surface area (Å²) in [6, 6.07) is 4.22. The zero-order chi connectivity index (χ0) is 25.0. The number of nitrogens with zero attached hydrogens (tertiary/aromatic N) is 3. The van der Waals surface area contributed by atoms with Crippen LogP contribution >= 0.6 is 23.5 Å². The minimum atomic E-state index is -4.67. The zero-order valence-corrected chi connectivity index (χ0v) is 19.8. The molecule has 2 aromatic carbocycles. The molecular weight excluding hydrogens is 515 g/mol. The Hall–Kier alpha value is -2.68. The van der Waals surface area contributed by atoms with Gasteiger partial charge in [-0.05, 0) is 30.1 Å². The predicted octanol–water partition coefficient (Wildman–Crippen LogP) is 5.59. The highest BCUT2D eigenvalue weighted by molar-refractivity contribution is 8.00. The van der Waals surface area contributed by atoms with E-state index in [1.165, 1.54) is 7.11 Å². The highest BCUT2D eigenvalue weighted by Crippen LogP contribution is 2.38. The average molecular weight is 535 g/mol. The molecule has 7 nitrogen and oxygen atoms in total. The number of methoxy groups -OCH3 is 1. The van der Waals surface area contributed by atoms with Gasteiger partial charge in [-0.2, -0.15) is 17.5 Å². The number of benzene rings is 2. The second-order valence-corrected chi connectivity index (χ2v) is 8.92. The van der Waals surface area contributed by atoms with Crippen molar-refractivity contribution in [2.24, 2.45) is 0 Å². The summed E-state index contributed by atoms with van der Waals surface area (Å²) >= 11 is 1.87. The maximum absolute atomic E-state index is 14.6. The Bertz CT molecular complexity index is 1170. The molecule has 0 bridgehead atoms. The number of nitrogens with one attached hydrogen (secondary N) is 1. The minimum absolute atomic E-state index is 0.0959. The van der Waals surface area contributed by atoms with E-state index in [0.717, 1.165) is 60.8 Å². The van der Waals surface area contributed by atoms with Gasteiger partial charge in [0.25, 0.3) is 0 Å². The van der Waals surface area contributed by atoms with Gasteiger partial charge in [0, 0.05) is 36.8 Å². The van der Waals surface area contributed by atoms with E-state index in [2.05, 4.69) is 19.0 Å². The van der Waals surface area contributed by atoms with Gasteiger partial charge in [0.1, 0.15) is 17.3 Å². The Morgan fingerprint density at radius 2 is 1.83 bits per heavy atom. The Morgan fingerprint density at radius 3 is 2.54 bits per heavy atom. The van der Waals surface area contributed by atoms with Gasteiger partial charge >= 0.3 is 6.18 Å². The lowest BCUT2D eigenvalue weighted by molar-refractivity contribution is -0.137. The van der Waals surface area contributed by atoms with Gasteiger partial charge in [-0.3, -0.25) is 4.90 Å². The van der Waals surface area contributed by atoms with Crippen LogP contribution in [0.1, 0.15) is 11.4 Å². The van der Waals surface area contributed by atoms with E-state index < -0.39 is 29.1 Å². The molecule has 188 valence electrons. The molecule has 4 rings (SSSR count). The number of ether oxygens (including phenoxy) is 3. The summed E-state index contributed by atoms with van der Waals surface area (Å²) < 4.78 is 90.9. The average Bonchev–Trinajstić information content (AvgIpc) is 3.27. The van der Waals surface area contributed by atoms with Gasteiger partial charge in [-0.1, -0.05) is 0 Å². The lowest BCUT2D eigenvalue weighted by Gasteiger charge is -2.25. The summed E-state index contributed by atoms with van der Waals surface area (Å²) in [5, 5.41) is 0.412. The third-order valence-electron chi connectivity index (χ3n) is 4.84. The van der Waals surface area contributed by atoms with Crippen LogP contribution in [-0.4, -0.2) is 47.7 Å².